The highest BCUT2D eigenvalue weighted by Crippen LogP contribution is 2.19. The average molecular weight is 452 g/mol. The highest BCUT2D eigenvalue weighted by Gasteiger charge is 2.13. The fourth-order valence-corrected chi connectivity index (χ4v) is 3.76. The van der Waals surface area contributed by atoms with Crippen LogP contribution in [-0.4, -0.2) is 20.4 Å². The Kier molecular flexibility index (Phi) is 5.99. The molecule has 168 valence electrons. The molecule has 0 bridgehead atoms. The molecule has 0 aliphatic rings. The van der Waals surface area contributed by atoms with Crippen LogP contribution in [0.25, 0.3) is 11.0 Å². The Morgan fingerprint density at radius 2 is 1.71 bits per heavy atom. The fourth-order valence-electron chi connectivity index (χ4n) is 3.76. The van der Waals surface area contributed by atoms with E-state index in [0.29, 0.717) is 23.6 Å². The van der Waals surface area contributed by atoms with Gasteiger partial charge < -0.3 is 15.2 Å². The Balaban J connectivity index is 1.23. The number of aromatic nitrogens is 3. The number of halogens is 1. The first-order valence-electron chi connectivity index (χ1n) is 10.9. The van der Waals surface area contributed by atoms with Crippen molar-refractivity contribution in [2.45, 2.75) is 13.1 Å². The van der Waals surface area contributed by atoms with Gasteiger partial charge in [0.1, 0.15) is 11.6 Å². The van der Waals surface area contributed by atoms with Gasteiger partial charge in [-0.25, -0.2) is 14.4 Å². The number of rotatable bonds is 7. The van der Waals surface area contributed by atoms with Crippen molar-refractivity contribution in [3.8, 4) is 0 Å². The predicted molar refractivity (Wildman–Crippen MR) is 130 cm³/mol. The lowest BCUT2D eigenvalue weighted by atomic mass is 10.1. The lowest BCUT2D eigenvalue weighted by molar-refractivity contribution is 0.0951. The summed E-state index contributed by atoms with van der Waals surface area (Å²) in [5, 5.41) is 5.95. The van der Waals surface area contributed by atoms with E-state index in [1.807, 2.05) is 36.7 Å². The molecule has 2 N–H and O–H groups in total. The van der Waals surface area contributed by atoms with Gasteiger partial charge in [-0.3, -0.25) is 4.79 Å². The van der Waals surface area contributed by atoms with E-state index in [-0.39, 0.29) is 11.7 Å². The molecule has 0 saturated heterocycles. The molecule has 0 unspecified atom stereocenters. The number of nitrogens with one attached hydrogen (secondary N) is 2. The van der Waals surface area contributed by atoms with Gasteiger partial charge in [0.25, 0.3) is 5.91 Å². The fraction of sp³-hybridized carbons (Fsp3) is 0.0741. The van der Waals surface area contributed by atoms with Gasteiger partial charge in [-0.15, -0.1) is 0 Å². The van der Waals surface area contributed by atoms with Gasteiger partial charge in [-0.2, -0.15) is 0 Å². The molecule has 0 saturated carbocycles. The summed E-state index contributed by atoms with van der Waals surface area (Å²) in [4.78, 5) is 21.5. The summed E-state index contributed by atoms with van der Waals surface area (Å²) in [6.45, 7) is 1.10. The largest absolute Gasteiger partial charge is 0.348 e. The summed E-state index contributed by atoms with van der Waals surface area (Å²) in [5.74, 6) is -0.258. The smallest absolute Gasteiger partial charge is 0.255 e. The van der Waals surface area contributed by atoms with Crippen LogP contribution in [0, 0.1) is 5.82 Å². The molecule has 7 heteroatoms. The van der Waals surface area contributed by atoms with Gasteiger partial charge in [0.15, 0.2) is 0 Å². The van der Waals surface area contributed by atoms with Crippen molar-refractivity contribution in [2.75, 3.05) is 5.32 Å². The van der Waals surface area contributed by atoms with E-state index >= 15 is 0 Å². The molecule has 5 aromatic rings. The lowest BCUT2D eigenvalue weighted by Gasteiger charge is -2.12. The quantitative estimate of drug-likeness (QED) is 0.353. The predicted octanol–water partition coefficient (Wildman–Crippen LogP) is 5.29. The molecule has 2 heterocycles. The van der Waals surface area contributed by atoms with E-state index in [4.69, 9.17) is 0 Å². The molecular formula is C27H22FN5O. The minimum Gasteiger partial charge on any atom is -0.348 e. The number of nitrogens with zero attached hydrogens (tertiary/aromatic N) is 3. The molecule has 3 aromatic carbocycles. The lowest BCUT2D eigenvalue weighted by Crippen LogP contribution is -2.24. The second-order valence-corrected chi connectivity index (χ2v) is 7.90. The molecule has 0 aliphatic heterocycles. The molecule has 0 spiro atoms. The van der Waals surface area contributed by atoms with E-state index in [1.54, 1.807) is 30.5 Å². The average Bonchev–Trinajstić information content (AvgIpc) is 3.26. The normalized spacial score (nSPS) is 10.9. The highest BCUT2D eigenvalue weighted by molar-refractivity contribution is 5.99. The number of fused-ring (bicyclic) bond motifs is 1. The van der Waals surface area contributed by atoms with E-state index < -0.39 is 0 Å². The van der Waals surface area contributed by atoms with E-state index in [2.05, 4.69) is 43.4 Å². The molecule has 5 rings (SSSR count). The van der Waals surface area contributed by atoms with Gasteiger partial charge in [0.2, 0.25) is 0 Å². The minimum atomic E-state index is -0.364. The summed E-state index contributed by atoms with van der Waals surface area (Å²) < 4.78 is 15.6. The maximum absolute atomic E-state index is 13.5. The summed E-state index contributed by atoms with van der Waals surface area (Å²) in [6.07, 6.45) is 3.43. The Morgan fingerprint density at radius 1 is 0.882 bits per heavy atom. The Labute approximate surface area is 196 Å². The van der Waals surface area contributed by atoms with Gasteiger partial charge in [-0.05, 0) is 53.6 Å². The first-order valence-corrected chi connectivity index (χ1v) is 10.9. The van der Waals surface area contributed by atoms with Crippen molar-refractivity contribution in [3.05, 3.63) is 120 Å². The van der Waals surface area contributed by atoms with Crippen LogP contribution in [0.15, 0.2) is 97.5 Å². The highest BCUT2D eigenvalue weighted by atomic mass is 19.1. The van der Waals surface area contributed by atoms with Crippen LogP contribution in [0.3, 0.4) is 0 Å². The number of carbonyl (C=O) groups is 1. The number of pyridine rings is 1. The third kappa shape index (κ3) is 4.78. The van der Waals surface area contributed by atoms with Gasteiger partial charge in [0.05, 0.1) is 22.9 Å². The number of hydrogen-bond donors (Lipinski definition) is 2. The van der Waals surface area contributed by atoms with Gasteiger partial charge >= 0.3 is 0 Å². The molecular weight excluding hydrogens is 429 g/mol. The maximum atomic E-state index is 13.5. The molecule has 0 atom stereocenters. The zero-order valence-electron chi connectivity index (χ0n) is 18.3. The Hall–Kier alpha value is -4.52. The van der Waals surface area contributed by atoms with Crippen LogP contribution < -0.4 is 10.6 Å². The summed E-state index contributed by atoms with van der Waals surface area (Å²) in [6, 6.07) is 25.6. The molecule has 34 heavy (non-hydrogen) atoms. The van der Waals surface area contributed by atoms with Gasteiger partial charge in [0, 0.05) is 25.0 Å². The third-order valence-electron chi connectivity index (χ3n) is 5.50. The summed E-state index contributed by atoms with van der Waals surface area (Å²) in [5.41, 5.74) is 5.11. The van der Waals surface area contributed by atoms with Crippen LogP contribution in [0.1, 0.15) is 21.5 Å². The number of para-hydroxylation sites is 2. The van der Waals surface area contributed by atoms with Crippen LogP contribution in [0.2, 0.25) is 0 Å². The molecule has 1 amide bonds. The molecule has 0 aliphatic carbocycles. The number of amides is 1. The first-order chi connectivity index (χ1) is 16.7. The number of imidazole rings is 1. The number of hydrogen-bond acceptors (Lipinski definition) is 4. The molecule has 6 nitrogen and oxygen atoms in total. The number of anilines is 2. The van der Waals surface area contributed by atoms with Crippen LogP contribution >= 0.6 is 0 Å². The summed E-state index contributed by atoms with van der Waals surface area (Å²) in [7, 11) is 0. The molecule has 2 aromatic heterocycles. The van der Waals surface area contributed by atoms with Crippen LogP contribution in [0.4, 0.5) is 15.9 Å². The van der Waals surface area contributed by atoms with Crippen molar-refractivity contribution in [3.63, 3.8) is 0 Å². The topological polar surface area (TPSA) is 71.8 Å². The zero-order valence-corrected chi connectivity index (χ0v) is 18.3. The SMILES string of the molecule is O=C(NCc1ccc(Cn2cnc3ccccc32)cc1)c1cccnc1Nc1cccc(F)c1. The zero-order chi connectivity index (χ0) is 23.3. The standard InChI is InChI=1S/C27H22FN5O/c28-21-5-3-6-22(15-21)32-26-23(7-4-14-29-26)27(34)30-16-19-10-12-20(13-11-19)17-33-18-31-24-8-1-2-9-25(24)33/h1-15,18H,16-17H2,(H,29,32)(H,30,34). The molecule has 0 radical (unpaired) electrons. The second kappa shape index (κ2) is 9.54. The minimum absolute atomic E-state index is 0.263. The monoisotopic (exact) mass is 451 g/mol. The first kappa shape index (κ1) is 21.3. The third-order valence-corrected chi connectivity index (χ3v) is 5.50. The maximum Gasteiger partial charge on any atom is 0.255 e. The van der Waals surface area contributed by atoms with Crippen LogP contribution in [-0.2, 0) is 13.1 Å². The van der Waals surface area contributed by atoms with E-state index in [9.17, 15) is 9.18 Å². The van der Waals surface area contributed by atoms with Crippen molar-refractivity contribution in [1.29, 1.82) is 0 Å². The number of carbonyl (C=O) groups excluding carboxylic acids is 1. The molecule has 0 fully saturated rings. The van der Waals surface area contributed by atoms with E-state index in [0.717, 1.165) is 28.7 Å². The van der Waals surface area contributed by atoms with E-state index in [1.165, 1.54) is 12.1 Å². The Morgan fingerprint density at radius 3 is 2.56 bits per heavy atom. The summed E-state index contributed by atoms with van der Waals surface area (Å²) >= 11 is 0. The van der Waals surface area contributed by atoms with Crippen molar-refractivity contribution >= 4 is 28.4 Å². The van der Waals surface area contributed by atoms with Crippen molar-refractivity contribution in [1.82, 2.24) is 19.9 Å². The number of benzene rings is 3. The Bertz CT molecular complexity index is 1450. The van der Waals surface area contributed by atoms with Gasteiger partial charge in [-0.1, -0.05) is 42.5 Å². The van der Waals surface area contributed by atoms with Crippen LogP contribution in [0.5, 0.6) is 0 Å². The van der Waals surface area contributed by atoms with Crippen molar-refractivity contribution < 1.29 is 9.18 Å². The van der Waals surface area contributed by atoms with Crippen molar-refractivity contribution in [2.24, 2.45) is 0 Å². The second-order valence-electron chi connectivity index (χ2n) is 7.90.